The van der Waals surface area contributed by atoms with E-state index in [0.29, 0.717) is 23.8 Å². The van der Waals surface area contributed by atoms with Gasteiger partial charge in [-0.3, -0.25) is 4.79 Å². The number of aryl methyl sites for hydroxylation is 4. The van der Waals surface area contributed by atoms with Crippen molar-refractivity contribution in [2.75, 3.05) is 39.2 Å². The minimum absolute atomic E-state index is 0.00536. The van der Waals surface area contributed by atoms with E-state index in [1.165, 1.54) is 5.56 Å². The van der Waals surface area contributed by atoms with Gasteiger partial charge >= 0.3 is 0 Å². The first-order valence-electron chi connectivity index (χ1n) is 13.5. The molecule has 1 aliphatic heterocycles. The summed E-state index contributed by atoms with van der Waals surface area (Å²) in [6.45, 7) is 5.54. The highest BCUT2D eigenvalue weighted by molar-refractivity contribution is 6.08. The highest BCUT2D eigenvalue weighted by Gasteiger charge is 2.28. The van der Waals surface area contributed by atoms with Gasteiger partial charge in [0.15, 0.2) is 0 Å². The van der Waals surface area contributed by atoms with Gasteiger partial charge in [0.05, 0.1) is 12.8 Å². The van der Waals surface area contributed by atoms with Crippen molar-refractivity contribution in [3.8, 4) is 28.3 Å². The van der Waals surface area contributed by atoms with E-state index in [0.717, 1.165) is 71.5 Å². The lowest BCUT2D eigenvalue weighted by Crippen LogP contribution is -2.36. The number of hydrogen-bond acceptors (Lipinski definition) is 6. The molecule has 1 aromatic heterocycles. The molecule has 0 saturated carbocycles. The minimum Gasteiger partial charge on any atom is -0.494 e. The fourth-order valence-electron chi connectivity index (χ4n) is 5.40. The van der Waals surface area contributed by atoms with Crippen LogP contribution in [-0.4, -0.2) is 55.2 Å². The predicted molar refractivity (Wildman–Crippen MR) is 155 cm³/mol. The van der Waals surface area contributed by atoms with Crippen LogP contribution in [0.25, 0.3) is 22.5 Å². The Bertz CT molecular complexity index is 1470. The zero-order valence-electron chi connectivity index (χ0n) is 23.5. The Labute approximate surface area is 230 Å². The van der Waals surface area contributed by atoms with Gasteiger partial charge in [0.25, 0.3) is 5.91 Å². The molecular weight excluding hydrogens is 488 g/mol. The number of rotatable bonds is 8. The Morgan fingerprint density at radius 2 is 1.82 bits per heavy atom. The molecule has 0 saturated heterocycles. The summed E-state index contributed by atoms with van der Waals surface area (Å²) in [5.41, 5.74) is 8.11. The number of nitrogens with zero attached hydrogens (tertiary/aromatic N) is 4. The monoisotopic (exact) mass is 524 g/mol. The summed E-state index contributed by atoms with van der Waals surface area (Å²) in [6, 6.07) is 18.4. The van der Waals surface area contributed by atoms with Crippen molar-refractivity contribution in [1.29, 1.82) is 0 Å². The van der Waals surface area contributed by atoms with Gasteiger partial charge in [0.2, 0.25) is 11.7 Å². The molecule has 0 radical (unpaired) electrons. The van der Waals surface area contributed by atoms with E-state index in [1.807, 2.05) is 35.2 Å². The number of benzene rings is 3. The fraction of sp³-hybridized carbons (Fsp3) is 0.344. The smallest absolute Gasteiger partial charge is 0.258 e. The molecule has 5 rings (SSSR count). The summed E-state index contributed by atoms with van der Waals surface area (Å²) < 4.78 is 11.0. The predicted octanol–water partition coefficient (Wildman–Crippen LogP) is 6.12. The van der Waals surface area contributed by atoms with Crippen LogP contribution in [-0.2, 0) is 12.8 Å². The van der Waals surface area contributed by atoms with Gasteiger partial charge in [-0.05, 0) is 99.3 Å². The molecule has 1 amide bonds. The summed E-state index contributed by atoms with van der Waals surface area (Å²) >= 11 is 0. The number of amides is 1. The van der Waals surface area contributed by atoms with E-state index < -0.39 is 0 Å². The normalized spacial score (nSPS) is 13.0. The Kier molecular flexibility index (Phi) is 7.79. The molecule has 0 spiro atoms. The molecule has 0 atom stereocenters. The third-order valence-electron chi connectivity index (χ3n) is 7.35. The molecule has 0 unspecified atom stereocenters. The van der Waals surface area contributed by atoms with Crippen molar-refractivity contribution in [3.05, 3.63) is 82.7 Å². The van der Waals surface area contributed by atoms with Crippen LogP contribution in [0, 0.1) is 13.8 Å². The van der Waals surface area contributed by atoms with E-state index in [9.17, 15) is 4.79 Å². The van der Waals surface area contributed by atoms with Gasteiger partial charge in [-0.15, -0.1) is 0 Å². The van der Waals surface area contributed by atoms with Gasteiger partial charge < -0.3 is 19.1 Å². The van der Waals surface area contributed by atoms with Gasteiger partial charge in [0.1, 0.15) is 5.75 Å². The van der Waals surface area contributed by atoms with Gasteiger partial charge in [-0.1, -0.05) is 41.6 Å². The van der Waals surface area contributed by atoms with Crippen molar-refractivity contribution in [2.24, 2.45) is 0 Å². The lowest BCUT2D eigenvalue weighted by molar-refractivity contribution is 0.0984. The minimum atomic E-state index is 0.00536. The molecule has 0 aliphatic carbocycles. The molecule has 3 aromatic carbocycles. The first-order chi connectivity index (χ1) is 18.9. The number of carbonyl (C=O) groups excluding carboxylic acids is 1. The van der Waals surface area contributed by atoms with Crippen molar-refractivity contribution in [1.82, 2.24) is 15.0 Å². The Morgan fingerprint density at radius 3 is 2.49 bits per heavy atom. The SMILES string of the molecule is COc1c(CCCN(C)C)ccc2c1N(C(=O)c1ccc(-c3ccc(-c4noc(C)n4)cc3C)cc1)CCC2. The van der Waals surface area contributed by atoms with E-state index in [1.54, 1.807) is 14.0 Å². The van der Waals surface area contributed by atoms with Crippen LogP contribution in [0.4, 0.5) is 5.69 Å². The average molecular weight is 525 g/mol. The van der Waals surface area contributed by atoms with Gasteiger partial charge in [0, 0.05) is 24.6 Å². The standard InChI is InChI=1S/C32H36N4O3/c1-21-20-27(31-33-22(2)39-34-31)16-17-28(21)23-10-14-26(15-11-23)32(37)36-19-7-8-24-12-13-25(9-6-18-35(3)4)30(38-5)29(24)36/h10-17,20H,6-9,18-19H2,1-5H3. The maximum Gasteiger partial charge on any atom is 0.258 e. The zero-order valence-corrected chi connectivity index (χ0v) is 23.5. The molecule has 4 aromatic rings. The Hall–Kier alpha value is -3.97. The second-order valence-corrected chi connectivity index (χ2v) is 10.5. The molecule has 2 heterocycles. The van der Waals surface area contributed by atoms with Crippen molar-refractivity contribution in [3.63, 3.8) is 0 Å². The van der Waals surface area contributed by atoms with Crippen molar-refractivity contribution in [2.45, 2.75) is 39.5 Å². The highest BCUT2D eigenvalue weighted by Crippen LogP contribution is 2.40. The first kappa shape index (κ1) is 26.6. The second kappa shape index (κ2) is 11.4. The fourth-order valence-corrected chi connectivity index (χ4v) is 5.40. The van der Waals surface area contributed by atoms with Crippen LogP contribution in [0.2, 0.25) is 0 Å². The summed E-state index contributed by atoms with van der Waals surface area (Å²) in [6.07, 6.45) is 3.83. The number of aromatic nitrogens is 2. The van der Waals surface area contributed by atoms with Crippen LogP contribution < -0.4 is 9.64 Å². The lowest BCUT2D eigenvalue weighted by atomic mass is 9.95. The van der Waals surface area contributed by atoms with E-state index in [4.69, 9.17) is 9.26 Å². The van der Waals surface area contributed by atoms with Crippen LogP contribution in [0.1, 0.15) is 45.8 Å². The molecule has 0 fully saturated rings. The number of ether oxygens (including phenoxy) is 1. The number of fused-ring (bicyclic) bond motifs is 1. The molecule has 0 bridgehead atoms. The van der Waals surface area contributed by atoms with Gasteiger partial charge in [-0.2, -0.15) is 4.98 Å². The quantitative estimate of drug-likeness (QED) is 0.277. The summed E-state index contributed by atoms with van der Waals surface area (Å²) in [7, 11) is 5.89. The lowest BCUT2D eigenvalue weighted by Gasteiger charge is -2.32. The number of carbonyl (C=O) groups is 1. The second-order valence-electron chi connectivity index (χ2n) is 10.5. The summed E-state index contributed by atoms with van der Waals surface area (Å²) in [4.78, 5) is 22.2. The van der Waals surface area contributed by atoms with E-state index in [-0.39, 0.29) is 5.91 Å². The van der Waals surface area contributed by atoms with Crippen molar-refractivity contribution < 1.29 is 14.1 Å². The van der Waals surface area contributed by atoms with Gasteiger partial charge in [-0.25, -0.2) is 0 Å². The molecule has 1 aliphatic rings. The molecule has 39 heavy (non-hydrogen) atoms. The zero-order chi connectivity index (χ0) is 27.5. The molecule has 7 nitrogen and oxygen atoms in total. The maximum absolute atomic E-state index is 13.8. The number of anilines is 1. The third-order valence-corrected chi connectivity index (χ3v) is 7.35. The molecule has 7 heteroatoms. The number of methoxy groups -OCH3 is 1. The van der Waals surface area contributed by atoms with E-state index in [2.05, 4.69) is 60.3 Å². The third kappa shape index (κ3) is 5.59. The summed E-state index contributed by atoms with van der Waals surface area (Å²) in [5, 5.41) is 4.02. The highest BCUT2D eigenvalue weighted by atomic mass is 16.5. The maximum atomic E-state index is 13.8. The Balaban J connectivity index is 1.39. The topological polar surface area (TPSA) is 71.7 Å². The van der Waals surface area contributed by atoms with Crippen LogP contribution >= 0.6 is 0 Å². The summed E-state index contributed by atoms with van der Waals surface area (Å²) in [5.74, 6) is 1.97. The Morgan fingerprint density at radius 1 is 1.05 bits per heavy atom. The van der Waals surface area contributed by atoms with Crippen LogP contribution in [0.3, 0.4) is 0 Å². The first-order valence-corrected chi connectivity index (χ1v) is 13.5. The molecule has 202 valence electrons. The average Bonchev–Trinajstić information content (AvgIpc) is 3.38. The van der Waals surface area contributed by atoms with E-state index >= 15 is 0 Å². The van der Waals surface area contributed by atoms with Crippen LogP contribution in [0.5, 0.6) is 5.75 Å². The van der Waals surface area contributed by atoms with Crippen LogP contribution in [0.15, 0.2) is 59.1 Å². The largest absolute Gasteiger partial charge is 0.494 e. The molecule has 0 N–H and O–H groups in total. The van der Waals surface area contributed by atoms with Crippen molar-refractivity contribution >= 4 is 11.6 Å². The molecular formula is C32H36N4O3. The number of hydrogen-bond donors (Lipinski definition) is 0.